The molecule has 2 saturated heterocycles. The van der Waals surface area contributed by atoms with Crippen molar-refractivity contribution in [3.05, 3.63) is 0 Å². The van der Waals surface area contributed by atoms with Gasteiger partial charge in [0.05, 0.1) is 0 Å². The van der Waals surface area contributed by atoms with Crippen molar-refractivity contribution < 1.29 is 128 Å². The summed E-state index contributed by atoms with van der Waals surface area (Å²) in [6, 6.07) is 0. The van der Waals surface area contributed by atoms with E-state index in [0.29, 0.717) is 0 Å². The molecule has 0 aliphatic carbocycles. The average Bonchev–Trinajstić information content (AvgIpc) is 3.09. The molecule has 0 saturated carbocycles. The second-order valence-electron chi connectivity index (χ2n) is 10.7. The van der Waals surface area contributed by atoms with Crippen LogP contribution in [0.3, 0.4) is 0 Å². The van der Waals surface area contributed by atoms with Crippen LogP contribution in [0.25, 0.3) is 0 Å². The van der Waals surface area contributed by atoms with Gasteiger partial charge in [0.2, 0.25) is 0 Å². The Morgan fingerprint density at radius 1 is 0.298 bits per heavy atom. The molecule has 31 heteroatoms. The molecule has 2 heterocycles. The number of hydrogen-bond acceptors (Lipinski definition) is 5. The van der Waals surface area contributed by atoms with E-state index in [1.165, 1.54) is 0 Å². The Kier molecular flexibility index (Phi) is 8.47. The van der Waals surface area contributed by atoms with Crippen molar-refractivity contribution in [2.24, 2.45) is 0 Å². The van der Waals surface area contributed by atoms with Crippen LogP contribution in [-0.4, -0.2) is 98.5 Å². The molecule has 0 unspecified atom stereocenters. The van der Waals surface area contributed by atoms with E-state index >= 15 is 0 Å². The minimum atomic E-state index is -8.44. The first-order valence-corrected chi connectivity index (χ1v) is 16.5. The molecule has 0 spiro atoms. The van der Waals surface area contributed by atoms with Gasteiger partial charge in [0.25, 0.3) is 0 Å². The molecular formula is C16H12F24O5P2. The van der Waals surface area contributed by atoms with Crippen LogP contribution in [0, 0.1) is 0 Å². The van der Waals surface area contributed by atoms with E-state index in [4.69, 9.17) is 0 Å². The molecule has 0 bridgehead atoms. The molecular weight excluding hydrogens is 790 g/mol. The molecule has 2 aliphatic rings. The van der Waals surface area contributed by atoms with Crippen molar-refractivity contribution in [2.45, 2.75) is 71.8 Å². The second-order valence-corrected chi connectivity index (χ2v) is 19.1. The van der Waals surface area contributed by atoms with Crippen LogP contribution in [0.15, 0.2) is 0 Å². The molecule has 0 aromatic carbocycles. The Hall–Kier alpha value is -1.02. The zero-order chi connectivity index (χ0) is 38.4. The van der Waals surface area contributed by atoms with Gasteiger partial charge in [0, 0.05) is 0 Å². The monoisotopic (exact) mass is 802 g/mol. The number of hydrogen-bond donors (Lipinski definition) is 0. The first kappa shape index (κ1) is 42.1. The van der Waals surface area contributed by atoms with Crippen molar-refractivity contribution >= 4 is 14.6 Å². The molecule has 0 amide bonds. The molecule has 2 rings (SSSR count). The van der Waals surface area contributed by atoms with Crippen molar-refractivity contribution in [1.82, 2.24) is 0 Å². The van der Waals surface area contributed by atoms with E-state index in [0.717, 1.165) is 0 Å². The maximum atomic E-state index is 13.9. The van der Waals surface area contributed by atoms with Crippen LogP contribution in [0.2, 0.25) is 0 Å². The van der Waals surface area contributed by atoms with Gasteiger partial charge in [0.15, 0.2) is 0 Å². The van der Waals surface area contributed by atoms with Gasteiger partial charge in [-0.15, -0.1) is 0 Å². The van der Waals surface area contributed by atoms with Crippen molar-refractivity contribution in [2.75, 3.05) is 26.7 Å². The molecule has 0 aromatic heterocycles. The molecule has 5 nitrogen and oxygen atoms in total. The molecule has 2 aliphatic heterocycles. The topological polar surface area (TPSA) is 46.2 Å². The third-order valence-electron chi connectivity index (χ3n) is 6.22. The summed E-state index contributed by atoms with van der Waals surface area (Å²) < 4.78 is 351. The summed E-state index contributed by atoms with van der Waals surface area (Å²) in [6.07, 6.45) is -64.9. The van der Waals surface area contributed by atoms with Gasteiger partial charge >= 0.3 is 241 Å². The fourth-order valence-corrected chi connectivity index (χ4v) is 15.4. The van der Waals surface area contributed by atoms with Crippen LogP contribution in [0.1, 0.15) is 0 Å². The summed E-state index contributed by atoms with van der Waals surface area (Å²) in [7, 11) is -16.9. The zero-order valence-corrected chi connectivity index (χ0v) is 23.8. The Morgan fingerprint density at radius 3 is 0.489 bits per heavy atom. The predicted octanol–water partition coefficient (Wildman–Crippen LogP) is 9.67. The normalized spacial score (nSPS) is 28.9. The second kappa shape index (κ2) is 9.44. The zero-order valence-electron chi connectivity index (χ0n) is 22.0. The van der Waals surface area contributed by atoms with E-state index in [1.807, 2.05) is 0 Å². The number of rotatable bonds is 2. The molecule has 0 radical (unpaired) electrons. The summed E-state index contributed by atoms with van der Waals surface area (Å²) in [5.74, 6) is 0. The summed E-state index contributed by atoms with van der Waals surface area (Å²) >= 11 is 0. The van der Waals surface area contributed by atoms with E-state index in [9.17, 15) is 105 Å². The van der Waals surface area contributed by atoms with Gasteiger partial charge in [-0.3, -0.25) is 0 Å². The molecule has 2 fully saturated rings. The third-order valence-corrected chi connectivity index (χ3v) is 13.1. The van der Waals surface area contributed by atoms with E-state index in [2.05, 4.69) is 22.4 Å². The van der Waals surface area contributed by atoms with Gasteiger partial charge < -0.3 is 0 Å². The molecule has 0 aromatic rings. The van der Waals surface area contributed by atoms with Gasteiger partial charge in [-0.1, -0.05) is 0 Å². The van der Waals surface area contributed by atoms with Crippen LogP contribution in [0.5, 0.6) is 0 Å². The Bertz CT molecular complexity index is 1020. The summed E-state index contributed by atoms with van der Waals surface area (Å²) in [6.45, 7) is -4.02. The van der Waals surface area contributed by atoms with Crippen LogP contribution in [0.4, 0.5) is 105 Å². The van der Waals surface area contributed by atoms with Gasteiger partial charge in [0.1, 0.15) is 0 Å². The van der Waals surface area contributed by atoms with E-state index < -0.39 is 113 Å². The molecule has 0 N–H and O–H groups in total. The standard InChI is InChI=1S/C16H12F24O5P2/c1-46(2,41-5(9(17,18)19,10(20,21)22)6(42-46,11(23,24)25)12(26,27)28)45-47(3,4)43-7(13(29,30)31,14(32,33)34)8(44-47,15(35,36)37)16(38,39)40/h1-4H3. The molecule has 0 atom stereocenters. The quantitative estimate of drug-likeness (QED) is 0.206. The summed E-state index contributed by atoms with van der Waals surface area (Å²) in [4.78, 5) is 0. The van der Waals surface area contributed by atoms with E-state index in [1.54, 1.807) is 0 Å². The fourth-order valence-electron chi connectivity index (χ4n) is 5.21. The van der Waals surface area contributed by atoms with Crippen LogP contribution < -0.4 is 0 Å². The number of alkyl halides is 24. The van der Waals surface area contributed by atoms with Gasteiger partial charge in [-0.2, -0.15) is 0 Å². The van der Waals surface area contributed by atoms with Crippen LogP contribution in [-0.2, 0) is 22.4 Å². The Labute approximate surface area is 242 Å². The van der Waals surface area contributed by atoms with Crippen molar-refractivity contribution in [3.8, 4) is 0 Å². The van der Waals surface area contributed by atoms with Gasteiger partial charge in [-0.05, 0) is 0 Å². The minimum absolute atomic E-state index is 1.00. The average molecular weight is 802 g/mol. The summed E-state index contributed by atoms with van der Waals surface area (Å²) in [5, 5.41) is 0. The maximum absolute atomic E-state index is 13.9. The van der Waals surface area contributed by atoms with Crippen molar-refractivity contribution in [3.63, 3.8) is 0 Å². The third kappa shape index (κ3) is 5.32. The fraction of sp³-hybridized carbons (Fsp3) is 1.00. The SMILES string of the molecule is CP1(C)(OP2(C)(C)OC(C(F)(F)F)(C(F)(F)F)C(C(F)(F)F)(C(F)(F)F)O2)OC(C(F)(F)F)(C(F)(F)F)C(C(F)(F)F)(C(F)(F)F)O1. The predicted molar refractivity (Wildman–Crippen MR) is 102 cm³/mol. The molecule has 47 heavy (non-hydrogen) atoms. The first-order chi connectivity index (χ1) is 19.6. The first-order valence-electron chi connectivity index (χ1n) is 10.7. The Morgan fingerprint density at radius 2 is 0.404 bits per heavy atom. The van der Waals surface area contributed by atoms with Crippen LogP contribution >= 0.6 is 14.6 Å². The van der Waals surface area contributed by atoms with Crippen molar-refractivity contribution in [1.29, 1.82) is 0 Å². The van der Waals surface area contributed by atoms with Gasteiger partial charge in [-0.25, -0.2) is 0 Å². The Balaban J connectivity index is 3.26. The number of halogens is 24. The summed E-state index contributed by atoms with van der Waals surface area (Å²) in [5.41, 5.74) is -31.6. The molecule has 284 valence electrons. The van der Waals surface area contributed by atoms with E-state index in [-0.39, 0.29) is 0 Å².